The lowest BCUT2D eigenvalue weighted by Crippen LogP contribution is -2.57. The maximum absolute atomic E-state index is 14.2. The first-order valence-electron chi connectivity index (χ1n) is 17.7. The first-order chi connectivity index (χ1) is 25.2. The second kappa shape index (κ2) is 19.5. The average Bonchev–Trinajstić information content (AvgIpc) is 3.17. The Morgan fingerprint density at radius 2 is 1.38 bits per heavy atom. The number of anilines is 1. The SMILES string of the molecule is NCCCC[C@H](NC(=O)[C@@H](Cc1cc(Br)c(O)c(Br)c1)NC(=O)CCC(c1ccccc1)c1ccccc1)C(=O)N1CCN(c2ccncc2)CC1. The molecule has 2 heterocycles. The largest absolute Gasteiger partial charge is 0.506 e. The molecule has 10 nitrogen and oxygen atoms in total. The number of phenolic OH excluding ortho intramolecular Hbond substituents is 1. The van der Waals surface area contributed by atoms with E-state index in [0.29, 0.717) is 66.5 Å². The predicted octanol–water partition coefficient (Wildman–Crippen LogP) is 5.91. The van der Waals surface area contributed by atoms with Crippen LogP contribution >= 0.6 is 31.9 Å². The van der Waals surface area contributed by atoms with E-state index in [1.54, 1.807) is 29.4 Å². The number of aromatic nitrogens is 1. The molecule has 1 fully saturated rings. The summed E-state index contributed by atoms with van der Waals surface area (Å²) in [6, 6.07) is 25.8. The first kappa shape index (κ1) is 39.0. The first-order valence-corrected chi connectivity index (χ1v) is 19.3. The number of rotatable bonds is 16. The van der Waals surface area contributed by atoms with Crippen LogP contribution in [-0.4, -0.2) is 77.5 Å². The van der Waals surface area contributed by atoms with E-state index in [4.69, 9.17) is 5.73 Å². The molecule has 5 N–H and O–H groups in total. The zero-order chi connectivity index (χ0) is 36.9. The normalized spacial score (nSPS) is 14.2. The molecule has 274 valence electrons. The van der Waals surface area contributed by atoms with Gasteiger partial charge in [0.25, 0.3) is 0 Å². The third-order valence-electron chi connectivity index (χ3n) is 9.41. The minimum Gasteiger partial charge on any atom is -0.506 e. The van der Waals surface area contributed by atoms with Gasteiger partial charge in [-0.3, -0.25) is 19.4 Å². The molecule has 1 aliphatic heterocycles. The Bertz CT molecular complexity index is 1700. The van der Waals surface area contributed by atoms with Crippen LogP contribution in [0.5, 0.6) is 5.75 Å². The molecular weight excluding hydrogens is 788 g/mol. The molecule has 0 bridgehead atoms. The van der Waals surface area contributed by atoms with Crippen LogP contribution in [0.4, 0.5) is 5.69 Å². The maximum atomic E-state index is 14.2. The van der Waals surface area contributed by atoms with Gasteiger partial charge in [0.15, 0.2) is 0 Å². The van der Waals surface area contributed by atoms with Crippen LogP contribution in [0.1, 0.15) is 54.7 Å². The molecule has 0 aliphatic carbocycles. The van der Waals surface area contributed by atoms with Crippen molar-refractivity contribution >= 4 is 55.3 Å². The van der Waals surface area contributed by atoms with Crippen molar-refractivity contribution in [3.8, 4) is 5.75 Å². The number of carbonyl (C=O) groups is 3. The molecule has 1 saturated heterocycles. The smallest absolute Gasteiger partial charge is 0.245 e. The van der Waals surface area contributed by atoms with Gasteiger partial charge in [0.1, 0.15) is 17.8 Å². The van der Waals surface area contributed by atoms with E-state index in [-0.39, 0.29) is 36.3 Å². The van der Waals surface area contributed by atoms with Crippen molar-refractivity contribution < 1.29 is 19.5 Å². The molecule has 4 aromatic rings. The zero-order valence-corrected chi connectivity index (χ0v) is 32.3. The summed E-state index contributed by atoms with van der Waals surface area (Å²) in [4.78, 5) is 49.9. The summed E-state index contributed by atoms with van der Waals surface area (Å²) in [5.74, 6) is -0.831. The van der Waals surface area contributed by atoms with Gasteiger partial charge in [0.2, 0.25) is 17.7 Å². The molecule has 1 aliphatic rings. The standard InChI is InChI=1S/C40H46Br2N6O4/c41-33-25-28(26-34(42)38(33)50)27-36(45-37(49)15-14-32(29-9-3-1-4-10-29)30-11-5-2-6-12-30)39(51)46-35(13-7-8-18-43)40(52)48-23-21-47(22-24-48)31-16-19-44-20-17-31/h1-6,9-12,16-17,19-20,25-26,32,35-36,50H,7-8,13-15,18,21-24,27,43H2,(H,45,49)(H,46,51)/t35-,36+/m0/s1. The van der Waals surface area contributed by atoms with Crippen LogP contribution in [0.2, 0.25) is 0 Å². The molecular formula is C40H46Br2N6O4. The Morgan fingerprint density at radius 3 is 1.96 bits per heavy atom. The van der Waals surface area contributed by atoms with Crippen molar-refractivity contribution in [1.29, 1.82) is 0 Å². The quantitative estimate of drug-likeness (QED) is 0.103. The average molecular weight is 835 g/mol. The Morgan fingerprint density at radius 1 is 0.788 bits per heavy atom. The zero-order valence-electron chi connectivity index (χ0n) is 29.1. The van der Waals surface area contributed by atoms with Gasteiger partial charge in [-0.2, -0.15) is 0 Å². The Hall–Kier alpha value is -4.26. The lowest BCUT2D eigenvalue weighted by Gasteiger charge is -2.37. The fourth-order valence-corrected chi connectivity index (χ4v) is 7.88. The number of aromatic hydroxyl groups is 1. The molecule has 0 saturated carbocycles. The third kappa shape index (κ3) is 10.9. The summed E-state index contributed by atoms with van der Waals surface area (Å²) in [7, 11) is 0. The number of unbranched alkanes of at least 4 members (excludes halogenated alkanes) is 1. The number of pyridine rings is 1. The molecule has 12 heteroatoms. The number of carbonyl (C=O) groups excluding carboxylic acids is 3. The minimum absolute atomic E-state index is 0.00647. The van der Waals surface area contributed by atoms with Crippen LogP contribution in [0.15, 0.2) is 106 Å². The molecule has 52 heavy (non-hydrogen) atoms. The number of hydrogen-bond acceptors (Lipinski definition) is 7. The number of benzene rings is 3. The van der Waals surface area contributed by atoms with E-state index in [1.165, 1.54) is 0 Å². The van der Waals surface area contributed by atoms with Crippen LogP contribution < -0.4 is 21.3 Å². The number of phenols is 1. The molecule has 1 aromatic heterocycles. The molecule has 2 atom stereocenters. The van der Waals surface area contributed by atoms with E-state index in [0.717, 1.165) is 23.2 Å². The Balaban J connectivity index is 1.31. The second-order valence-corrected chi connectivity index (χ2v) is 14.7. The van der Waals surface area contributed by atoms with Crippen LogP contribution in [-0.2, 0) is 20.8 Å². The van der Waals surface area contributed by atoms with E-state index in [2.05, 4.69) is 76.6 Å². The third-order valence-corrected chi connectivity index (χ3v) is 10.6. The number of nitrogens with zero attached hydrogens (tertiary/aromatic N) is 3. The lowest BCUT2D eigenvalue weighted by molar-refractivity contribution is -0.137. The molecule has 0 radical (unpaired) electrons. The lowest BCUT2D eigenvalue weighted by atomic mass is 9.87. The van der Waals surface area contributed by atoms with E-state index >= 15 is 0 Å². The summed E-state index contributed by atoms with van der Waals surface area (Å²) in [5.41, 5.74) is 9.77. The molecule has 3 aromatic carbocycles. The topological polar surface area (TPSA) is 141 Å². The van der Waals surface area contributed by atoms with E-state index in [1.807, 2.05) is 48.5 Å². The van der Waals surface area contributed by atoms with E-state index in [9.17, 15) is 19.5 Å². The number of hydrogen-bond donors (Lipinski definition) is 4. The van der Waals surface area contributed by atoms with Crippen molar-refractivity contribution in [3.05, 3.63) is 123 Å². The summed E-state index contributed by atoms with van der Waals surface area (Å²) >= 11 is 6.77. The fourth-order valence-electron chi connectivity index (χ4n) is 6.60. The van der Waals surface area contributed by atoms with Gasteiger partial charge >= 0.3 is 0 Å². The number of amides is 3. The highest BCUT2D eigenvalue weighted by molar-refractivity contribution is 9.11. The number of piperazine rings is 1. The fraction of sp³-hybridized carbons (Fsp3) is 0.350. The van der Waals surface area contributed by atoms with Crippen LogP contribution in [0, 0.1) is 0 Å². The van der Waals surface area contributed by atoms with Crippen LogP contribution in [0.25, 0.3) is 0 Å². The highest BCUT2D eigenvalue weighted by Gasteiger charge is 2.31. The second-order valence-electron chi connectivity index (χ2n) is 13.0. The van der Waals surface area contributed by atoms with Gasteiger partial charge in [0.05, 0.1) is 8.95 Å². The monoisotopic (exact) mass is 832 g/mol. The highest BCUT2D eigenvalue weighted by Crippen LogP contribution is 2.34. The van der Waals surface area contributed by atoms with Gasteiger partial charge in [0, 0.05) is 63.0 Å². The molecule has 3 amide bonds. The Kier molecular flexibility index (Phi) is 14.6. The Labute approximate surface area is 322 Å². The highest BCUT2D eigenvalue weighted by atomic mass is 79.9. The summed E-state index contributed by atoms with van der Waals surface area (Å²) in [5, 5.41) is 16.3. The van der Waals surface area contributed by atoms with Crippen LogP contribution in [0.3, 0.4) is 0 Å². The number of nitrogens with two attached hydrogens (primary N) is 1. The van der Waals surface area contributed by atoms with Crippen molar-refractivity contribution in [2.24, 2.45) is 5.73 Å². The van der Waals surface area contributed by atoms with Gasteiger partial charge < -0.3 is 31.3 Å². The van der Waals surface area contributed by atoms with E-state index < -0.39 is 18.0 Å². The van der Waals surface area contributed by atoms with Crippen molar-refractivity contribution in [2.75, 3.05) is 37.6 Å². The molecule has 0 unspecified atom stereocenters. The van der Waals surface area contributed by atoms with Gasteiger partial charge in [-0.05, 0) is 105 Å². The summed E-state index contributed by atoms with van der Waals surface area (Å²) < 4.78 is 0.911. The summed E-state index contributed by atoms with van der Waals surface area (Å²) in [6.45, 7) is 2.84. The van der Waals surface area contributed by atoms with Crippen molar-refractivity contribution in [2.45, 2.75) is 56.5 Å². The minimum atomic E-state index is -0.976. The van der Waals surface area contributed by atoms with Gasteiger partial charge in [-0.25, -0.2) is 0 Å². The van der Waals surface area contributed by atoms with Crippen molar-refractivity contribution in [1.82, 2.24) is 20.5 Å². The number of nitrogens with one attached hydrogen (secondary N) is 2. The van der Waals surface area contributed by atoms with Gasteiger partial charge in [-0.15, -0.1) is 0 Å². The van der Waals surface area contributed by atoms with Crippen molar-refractivity contribution in [3.63, 3.8) is 0 Å². The number of halogens is 2. The predicted molar refractivity (Wildman–Crippen MR) is 211 cm³/mol. The molecule has 0 spiro atoms. The molecule has 5 rings (SSSR count). The maximum Gasteiger partial charge on any atom is 0.245 e. The van der Waals surface area contributed by atoms with Gasteiger partial charge in [-0.1, -0.05) is 60.7 Å². The summed E-state index contributed by atoms with van der Waals surface area (Å²) in [6.07, 6.45) is 6.19.